The van der Waals surface area contributed by atoms with Gasteiger partial charge in [-0.3, -0.25) is 9.93 Å². The van der Waals surface area contributed by atoms with Crippen LogP contribution in [0.15, 0.2) is 48.6 Å². The molecule has 1 fully saturated rings. The van der Waals surface area contributed by atoms with Gasteiger partial charge >= 0.3 is 0 Å². The van der Waals surface area contributed by atoms with E-state index < -0.39 is 23.0 Å². The number of methoxy groups -OCH3 is 1. The third kappa shape index (κ3) is 6.65. The number of carbonyl (C=O) groups excluding carboxylic acids is 1. The maximum absolute atomic E-state index is 12.1. The van der Waals surface area contributed by atoms with Gasteiger partial charge in [0.2, 0.25) is 5.91 Å². The molecule has 6 atom stereocenters. The van der Waals surface area contributed by atoms with Crippen molar-refractivity contribution < 1.29 is 23.6 Å². The number of primary amides is 1. The van der Waals surface area contributed by atoms with Crippen molar-refractivity contribution >= 4 is 34.2 Å². The summed E-state index contributed by atoms with van der Waals surface area (Å²) in [5, 5.41) is 16.4. The summed E-state index contributed by atoms with van der Waals surface area (Å²) in [6.45, 7) is 2.07. The number of ether oxygens (including phenoxy) is 2. The summed E-state index contributed by atoms with van der Waals surface area (Å²) in [6, 6.07) is 11.7. The Kier molecular flexibility index (Phi) is 9.40. The maximum atomic E-state index is 12.1. The predicted octanol–water partition coefficient (Wildman–Crippen LogP) is 3.88. The number of anilines is 1. The van der Waals surface area contributed by atoms with Crippen LogP contribution in [0.3, 0.4) is 0 Å². The van der Waals surface area contributed by atoms with Crippen LogP contribution in [0.1, 0.15) is 53.6 Å². The van der Waals surface area contributed by atoms with Gasteiger partial charge in [-0.2, -0.15) is 0 Å². The highest BCUT2D eigenvalue weighted by Crippen LogP contribution is 2.46. The van der Waals surface area contributed by atoms with Gasteiger partial charge in [0, 0.05) is 42.0 Å². The topological polar surface area (TPSA) is 128 Å². The molecule has 2 aromatic carbocycles. The van der Waals surface area contributed by atoms with Crippen LogP contribution < -0.4 is 20.5 Å². The maximum Gasteiger partial charge on any atom is 0.248 e. The second-order valence-electron chi connectivity index (χ2n) is 11.7. The molecule has 8 nitrogen and oxygen atoms in total. The molecule has 0 bridgehead atoms. The fourth-order valence-corrected chi connectivity index (χ4v) is 7.44. The molecule has 5 rings (SSSR count). The van der Waals surface area contributed by atoms with E-state index in [9.17, 15) is 14.1 Å². The number of aliphatic hydroxyl groups is 1. The largest absolute Gasteiger partial charge is 0.490 e. The first kappa shape index (κ1) is 30.0. The number of nitrogens with zero attached hydrogens (tertiary/aromatic N) is 1. The number of hydrogen-bond acceptors (Lipinski definition) is 6. The molecule has 1 heterocycles. The van der Waals surface area contributed by atoms with Crippen LogP contribution in [0.5, 0.6) is 5.75 Å². The second-order valence-corrected chi connectivity index (χ2v) is 13.3. The van der Waals surface area contributed by atoms with Crippen LogP contribution in [0.25, 0.3) is 0 Å². The number of carbonyl (C=O) groups is 1. The fourth-order valence-electron chi connectivity index (χ4n) is 6.77. The minimum absolute atomic E-state index is 0.155. The smallest absolute Gasteiger partial charge is 0.248 e. The van der Waals surface area contributed by atoms with Crippen molar-refractivity contribution in [1.82, 2.24) is 0 Å². The molecule has 10 heteroatoms. The van der Waals surface area contributed by atoms with Crippen LogP contribution in [-0.4, -0.2) is 60.0 Å². The number of benzene rings is 2. The van der Waals surface area contributed by atoms with Gasteiger partial charge in [0.15, 0.2) is 0 Å². The number of hydrogen-bond donors (Lipinski definition) is 3. The number of halogens is 1. The molecule has 1 aliphatic heterocycles. The lowest BCUT2D eigenvalue weighted by molar-refractivity contribution is 0.0126. The van der Waals surface area contributed by atoms with Gasteiger partial charge in [0.25, 0.3) is 0 Å². The number of fused-ring (bicyclic) bond motifs is 3. The zero-order chi connectivity index (χ0) is 29.1. The first-order chi connectivity index (χ1) is 19.7. The molecule has 5 N–H and O–H groups in total. The van der Waals surface area contributed by atoms with Gasteiger partial charge in [0.05, 0.1) is 35.5 Å². The van der Waals surface area contributed by atoms with Crippen molar-refractivity contribution in [2.24, 2.45) is 22.7 Å². The Morgan fingerprint density at radius 1 is 1.29 bits per heavy atom. The zero-order valence-electron chi connectivity index (χ0n) is 23.5. The molecule has 2 aliphatic carbocycles. The van der Waals surface area contributed by atoms with E-state index in [0.717, 1.165) is 61.7 Å². The summed E-state index contributed by atoms with van der Waals surface area (Å²) in [6.07, 6.45) is 8.22. The molecular weight excluding hydrogens is 562 g/mol. The highest BCUT2D eigenvalue weighted by atomic mass is 35.5. The number of rotatable bonds is 10. The van der Waals surface area contributed by atoms with Crippen LogP contribution in [0.2, 0.25) is 5.02 Å². The van der Waals surface area contributed by atoms with Crippen molar-refractivity contribution in [3.63, 3.8) is 0 Å². The predicted molar refractivity (Wildman–Crippen MR) is 163 cm³/mol. The average molecular weight is 602 g/mol. The SMILES string of the molecule is CO[C@@H](/C=C/[C@@H](O)CC[S@@](N)=O)[C@@H]1CC[C@H]1CN1C[C@@]2(CCCc3cc(Cl)ccc32)COc2ccc(C(N)=O)cc21. The summed E-state index contributed by atoms with van der Waals surface area (Å²) < 4.78 is 23.6. The minimum atomic E-state index is -1.43. The van der Waals surface area contributed by atoms with Crippen molar-refractivity contribution in [3.8, 4) is 5.75 Å². The van der Waals surface area contributed by atoms with Crippen LogP contribution in [-0.2, 0) is 27.6 Å². The van der Waals surface area contributed by atoms with Gasteiger partial charge in [-0.05, 0) is 91.8 Å². The van der Waals surface area contributed by atoms with Crippen LogP contribution in [0, 0.1) is 11.8 Å². The Bertz CT molecular complexity index is 1320. The highest BCUT2D eigenvalue weighted by molar-refractivity contribution is 7.82. The van der Waals surface area contributed by atoms with E-state index in [4.69, 9.17) is 31.9 Å². The number of aliphatic hydroxyl groups excluding tert-OH is 1. The standard InChI is InChI=1S/C31H40ClN3O5S/c1-39-28(11-7-24(36)12-14-41(34)38)25-8-4-22(25)17-35-18-31(13-2-3-20-15-23(32)6-9-26(20)31)19-40-29-10-5-21(30(33)37)16-27(29)35/h5-7,9-11,15-16,22,24-25,28,36H,2-4,8,12-14,17-19,34H2,1H3,(H2,33,37)/b11-7+/t22-,24+,25+,28-,31-,41-/m0/s1. The van der Waals surface area contributed by atoms with Crippen molar-refractivity contribution in [1.29, 1.82) is 0 Å². The molecule has 2 aromatic rings. The van der Waals surface area contributed by atoms with E-state index in [1.54, 1.807) is 19.3 Å². The third-order valence-electron chi connectivity index (χ3n) is 9.08. The molecular formula is C31H40ClN3O5S. The van der Waals surface area contributed by atoms with Gasteiger partial charge in [-0.25, -0.2) is 4.21 Å². The van der Waals surface area contributed by atoms with Gasteiger partial charge < -0.3 is 25.2 Å². The molecule has 41 heavy (non-hydrogen) atoms. The summed E-state index contributed by atoms with van der Waals surface area (Å²) in [4.78, 5) is 14.5. The Morgan fingerprint density at radius 3 is 2.83 bits per heavy atom. The third-order valence-corrected chi connectivity index (χ3v) is 9.96. The Hall–Kier alpha value is -2.43. The summed E-state index contributed by atoms with van der Waals surface area (Å²) in [7, 11) is 0.261. The lowest BCUT2D eigenvalue weighted by Gasteiger charge is -2.46. The van der Waals surface area contributed by atoms with E-state index in [1.807, 2.05) is 24.3 Å². The molecule has 3 aliphatic rings. The van der Waals surface area contributed by atoms with Gasteiger partial charge in [0.1, 0.15) is 5.75 Å². The van der Waals surface area contributed by atoms with Gasteiger partial charge in [-0.15, -0.1) is 0 Å². The van der Waals surface area contributed by atoms with Crippen molar-refractivity contribution in [2.45, 2.75) is 56.1 Å². The Morgan fingerprint density at radius 2 is 2.12 bits per heavy atom. The second kappa shape index (κ2) is 12.8. The Labute approximate surface area is 249 Å². The quantitative estimate of drug-likeness (QED) is 0.355. The lowest BCUT2D eigenvalue weighted by Crippen LogP contribution is -2.49. The average Bonchev–Trinajstić information content (AvgIpc) is 3.08. The minimum Gasteiger partial charge on any atom is -0.490 e. The van der Waals surface area contributed by atoms with Crippen molar-refractivity contribution in [3.05, 3.63) is 70.3 Å². The monoisotopic (exact) mass is 601 g/mol. The van der Waals surface area contributed by atoms with E-state index >= 15 is 0 Å². The normalized spacial score (nSPS) is 25.9. The number of aryl methyl sites for hydroxylation is 1. The molecule has 0 radical (unpaired) electrons. The lowest BCUT2D eigenvalue weighted by atomic mass is 9.68. The molecule has 1 amide bonds. The fraction of sp³-hybridized carbons (Fsp3) is 0.516. The van der Waals surface area contributed by atoms with Crippen molar-refractivity contribution in [2.75, 3.05) is 37.5 Å². The summed E-state index contributed by atoms with van der Waals surface area (Å²) in [5.41, 5.74) is 9.38. The molecule has 1 spiro atoms. The first-order valence-electron chi connectivity index (χ1n) is 14.3. The number of nitrogens with two attached hydrogens (primary N) is 2. The Balaban J connectivity index is 1.42. The first-order valence-corrected chi connectivity index (χ1v) is 16.1. The van der Waals surface area contributed by atoms with E-state index in [0.29, 0.717) is 24.5 Å². The number of amides is 1. The van der Waals surface area contributed by atoms with Gasteiger partial charge in [-0.1, -0.05) is 29.8 Å². The van der Waals surface area contributed by atoms with E-state index in [2.05, 4.69) is 17.0 Å². The summed E-state index contributed by atoms with van der Waals surface area (Å²) in [5.74, 6) is 1.15. The van der Waals surface area contributed by atoms with Crippen LogP contribution in [0.4, 0.5) is 5.69 Å². The molecule has 0 unspecified atom stereocenters. The molecule has 0 aromatic heterocycles. The molecule has 1 saturated carbocycles. The van der Waals surface area contributed by atoms with Crippen LogP contribution >= 0.6 is 11.6 Å². The molecule has 0 saturated heterocycles. The van der Waals surface area contributed by atoms with E-state index in [-0.39, 0.29) is 23.2 Å². The summed E-state index contributed by atoms with van der Waals surface area (Å²) >= 11 is 6.38. The van der Waals surface area contributed by atoms with E-state index in [1.165, 1.54) is 11.1 Å². The zero-order valence-corrected chi connectivity index (χ0v) is 25.0. The molecule has 222 valence electrons. The highest BCUT2D eigenvalue weighted by Gasteiger charge is 2.44.